The summed E-state index contributed by atoms with van der Waals surface area (Å²) in [5.41, 5.74) is 0. The molecular formula is C11H16F3NO3. The first-order valence-electron chi connectivity index (χ1n) is 5.74. The third-order valence-electron chi connectivity index (χ3n) is 2.61. The lowest BCUT2D eigenvalue weighted by molar-refractivity contribution is -0.184. The van der Waals surface area contributed by atoms with E-state index in [-0.39, 0.29) is 32.0 Å². The number of ether oxygens (including phenoxy) is 1. The molecule has 1 fully saturated rings. The van der Waals surface area contributed by atoms with Gasteiger partial charge < -0.3 is 9.64 Å². The Labute approximate surface area is 103 Å². The minimum atomic E-state index is -4.88. The Morgan fingerprint density at radius 3 is 2.50 bits per heavy atom. The standard InChI is InChI=1S/C11H16F3NO3/c1-7(2)6-18-9(16)8-3-4-15(5-8)10(17)11(12,13)14/h7-8H,3-6H2,1-2H3. The van der Waals surface area contributed by atoms with E-state index in [9.17, 15) is 22.8 Å². The van der Waals surface area contributed by atoms with Gasteiger partial charge in [0.25, 0.3) is 0 Å². The van der Waals surface area contributed by atoms with Crippen molar-refractivity contribution >= 4 is 11.9 Å². The van der Waals surface area contributed by atoms with Crippen LogP contribution in [-0.4, -0.2) is 42.6 Å². The van der Waals surface area contributed by atoms with Gasteiger partial charge in [-0.2, -0.15) is 13.2 Å². The van der Waals surface area contributed by atoms with Crippen molar-refractivity contribution < 1.29 is 27.5 Å². The number of halogens is 3. The first-order valence-corrected chi connectivity index (χ1v) is 5.74. The summed E-state index contributed by atoms with van der Waals surface area (Å²) in [4.78, 5) is 23.1. The van der Waals surface area contributed by atoms with Gasteiger partial charge in [0, 0.05) is 13.1 Å². The molecule has 1 aliphatic rings. The van der Waals surface area contributed by atoms with E-state index in [0.717, 1.165) is 0 Å². The van der Waals surface area contributed by atoms with Gasteiger partial charge in [-0.05, 0) is 12.3 Å². The molecule has 0 aromatic rings. The second kappa shape index (κ2) is 5.58. The molecule has 1 amide bonds. The Balaban J connectivity index is 2.46. The summed E-state index contributed by atoms with van der Waals surface area (Å²) < 4.78 is 41.5. The molecule has 1 atom stereocenters. The van der Waals surface area contributed by atoms with Crippen molar-refractivity contribution in [1.29, 1.82) is 0 Å². The highest BCUT2D eigenvalue weighted by atomic mass is 19.4. The normalized spacial score (nSPS) is 20.3. The number of carbonyl (C=O) groups excluding carboxylic acids is 2. The van der Waals surface area contributed by atoms with Crippen LogP contribution in [-0.2, 0) is 14.3 Å². The van der Waals surface area contributed by atoms with Gasteiger partial charge in [-0.15, -0.1) is 0 Å². The Bertz CT molecular complexity index is 328. The molecule has 0 bridgehead atoms. The molecule has 0 aromatic heterocycles. The molecule has 0 N–H and O–H groups in total. The van der Waals surface area contributed by atoms with Crippen LogP contribution in [0.15, 0.2) is 0 Å². The average molecular weight is 267 g/mol. The van der Waals surface area contributed by atoms with Gasteiger partial charge in [-0.1, -0.05) is 13.8 Å². The second-order valence-corrected chi connectivity index (χ2v) is 4.76. The van der Waals surface area contributed by atoms with Crippen LogP contribution in [0.25, 0.3) is 0 Å². The van der Waals surface area contributed by atoms with E-state index in [1.54, 1.807) is 0 Å². The van der Waals surface area contributed by atoms with Crippen LogP contribution in [0.2, 0.25) is 0 Å². The number of likely N-dealkylation sites (tertiary alicyclic amines) is 1. The number of nitrogens with zero attached hydrogens (tertiary/aromatic N) is 1. The van der Waals surface area contributed by atoms with Crippen molar-refractivity contribution in [2.45, 2.75) is 26.4 Å². The van der Waals surface area contributed by atoms with Crippen molar-refractivity contribution in [3.63, 3.8) is 0 Å². The number of esters is 1. The zero-order valence-corrected chi connectivity index (χ0v) is 10.3. The molecule has 0 aliphatic carbocycles. The van der Waals surface area contributed by atoms with Crippen LogP contribution in [0.1, 0.15) is 20.3 Å². The van der Waals surface area contributed by atoms with E-state index in [2.05, 4.69) is 0 Å². The first kappa shape index (κ1) is 14.8. The van der Waals surface area contributed by atoms with Crippen LogP contribution in [0.4, 0.5) is 13.2 Å². The number of carbonyl (C=O) groups is 2. The van der Waals surface area contributed by atoms with E-state index < -0.39 is 24.0 Å². The molecule has 0 saturated carbocycles. The minimum absolute atomic E-state index is 0.0558. The van der Waals surface area contributed by atoms with E-state index in [1.165, 1.54) is 0 Å². The Hall–Kier alpha value is -1.27. The second-order valence-electron chi connectivity index (χ2n) is 4.76. The summed E-state index contributed by atoms with van der Waals surface area (Å²) in [5, 5.41) is 0. The molecule has 4 nitrogen and oxygen atoms in total. The lowest BCUT2D eigenvalue weighted by atomic mass is 10.1. The number of hydrogen-bond acceptors (Lipinski definition) is 3. The molecule has 1 saturated heterocycles. The lowest BCUT2D eigenvalue weighted by Gasteiger charge is -2.17. The maximum Gasteiger partial charge on any atom is 0.471 e. The third kappa shape index (κ3) is 3.89. The van der Waals surface area contributed by atoms with Crippen molar-refractivity contribution in [2.75, 3.05) is 19.7 Å². The van der Waals surface area contributed by atoms with Gasteiger partial charge in [0.2, 0.25) is 0 Å². The van der Waals surface area contributed by atoms with Crippen LogP contribution >= 0.6 is 0 Å². The molecule has 1 heterocycles. The fourth-order valence-corrected chi connectivity index (χ4v) is 1.68. The molecule has 0 aromatic carbocycles. The Morgan fingerprint density at radius 2 is 2.00 bits per heavy atom. The zero-order valence-electron chi connectivity index (χ0n) is 10.3. The molecule has 1 unspecified atom stereocenters. The summed E-state index contributed by atoms with van der Waals surface area (Å²) in [5.74, 6) is -2.89. The molecule has 1 aliphatic heterocycles. The number of rotatable bonds is 3. The monoisotopic (exact) mass is 267 g/mol. The summed E-state index contributed by atoms with van der Waals surface area (Å²) in [7, 11) is 0. The van der Waals surface area contributed by atoms with E-state index >= 15 is 0 Å². The average Bonchev–Trinajstić information content (AvgIpc) is 2.72. The number of hydrogen-bond donors (Lipinski definition) is 0. The van der Waals surface area contributed by atoms with Gasteiger partial charge in [0.1, 0.15) is 0 Å². The number of amides is 1. The maximum absolute atomic E-state index is 12.2. The maximum atomic E-state index is 12.2. The van der Waals surface area contributed by atoms with Crippen LogP contribution in [0.5, 0.6) is 0 Å². The Kier molecular flexibility index (Phi) is 4.59. The quantitative estimate of drug-likeness (QED) is 0.730. The summed E-state index contributed by atoms with van der Waals surface area (Å²) in [6, 6.07) is 0. The summed E-state index contributed by atoms with van der Waals surface area (Å²) in [6.07, 6.45) is -4.66. The topological polar surface area (TPSA) is 46.6 Å². The van der Waals surface area contributed by atoms with E-state index in [0.29, 0.717) is 4.90 Å². The predicted octanol–water partition coefficient (Wildman–Crippen LogP) is 1.60. The fourth-order valence-electron chi connectivity index (χ4n) is 1.68. The van der Waals surface area contributed by atoms with Crippen LogP contribution in [0.3, 0.4) is 0 Å². The van der Waals surface area contributed by atoms with Crippen molar-refractivity contribution in [1.82, 2.24) is 4.90 Å². The van der Waals surface area contributed by atoms with Crippen molar-refractivity contribution in [2.24, 2.45) is 11.8 Å². The molecule has 1 rings (SSSR count). The van der Waals surface area contributed by atoms with Crippen molar-refractivity contribution in [3.8, 4) is 0 Å². The highest BCUT2D eigenvalue weighted by molar-refractivity contribution is 5.83. The summed E-state index contributed by atoms with van der Waals surface area (Å²) in [6.45, 7) is 3.69. The van der Waals surface area contributed by atoms with E-state index in [1.807, 2.05) is 13.8 Å². The molecule has 0 spiro atoms. The largest absolute Gasteiger partial charge is 0.471 e. The van der Waals surface area contributed by atoms with Gasteiger partial charge in [0.15, 0.2) is 0 Å². The van der Waals surface area contributed by atoms with Gasteiger partial charge in [-0.25, -0.2) is 0 Å². The third-order valence-corrected chi connectivity index (χ3v) is 2.61. The van der Waals surface area contributed by atoms with Crippen molar-refractivity contribution in [3.05, 3.63) is 0 Å². The number of alkyl halides is 3. The molecule has 104 valence electrons. The lowest BCUT2D eigenvalue weighted by Crippen LogP contribution is -2.40. The highest BCUT2D eigenvalue weighted by Gasteiger charge is 2.45. The van der Waals surface area contributed by atoms with E-state index in [4.69, 9.17) is 4.74 Å². The van der Waals surface area contributed by atoms with Gasteiger partial charge >= 0.3 is 18.1 Å². The molecule has 18 heavy (non-hydrogen) atoms. The molecular weight excluding hydrogens is 251 g/mol. The molecule has 0 radical (unpaired) electrons. The van der Waals surface area contributed by atoms with Gasteiger partial charge in [0.05, 0.1) is 12.5 Å². The fraction of sp³-hybridized carbons (Fsp3) is 0.818. The minimum Gasteiger partial charge on any atom is -0.465 e. The highest BCUT2D eigenvalue weighted by Crippen LogP contribution is 2.24. The molecule has 7 heteroatoms. The smallest absolute Gasteiger partial charge is 0.465 e. The van der Waals surface area contributed by atoms with Crippen LogP contribution in [0, 0.1) is 11.8 Å². The first-order chi connectivity index (χ1) is 8.21. The SMILES string of the molecule is CC(C)COC(=O)C1CCN(C(=O)C(F)(F)F)C1. The zero-order chi connectivity index (χ0) is 13.9. The van der Waals surface area contributed by atoms with Crippen LogP contribution < -0.4 is 0 Å². The Morgan fingerprint density at radius 1 is 1.39 bits per heavy atom. The van der Waals surface area contributed by atoms with Gasteiger partial charge in [-0.3, -0.25) is 9.59 Å². The summed E-state index contributed by atoms with van der Waals surface area (Å²) >= 11 is 0. The predicted molar refractivity (Wildman–Crippen MR) is 56.5 cm³/mol.